The summed E-state index contributed by atoms with van der Waals surface area (Å²) in [6.45, 7) is 1.85. The fourth-order valence-corrected chi connectivity index (χ4v) is 3.56. The number of nitrogens with one attached hydrogen (secondary N) is 1. The van der Waals surface area contributed by atoms with Crippen molar-refractivity contribution in [3.63, 3.8) is 0 Å². The smallest absolute Gasteiger partial charge is 0.387 e. The fraction of sp³-hybridized carbons (Fsp3) is 0.333. The maximum absolute atomic E-state index is 12.4. The zero-order valence-corrected chi connectivity index (χ0v) is 14.1. The van der Waals surface area contributed by atoms with Gasteiger partial charge in [0.25, 0.3) is 0 Å². The third kappa shape index (κ3) is 4.49. The van der Waals surface area contributed by atoms with Crippen molar-refractivity contribution in [2.45, 2.75) is 33.0 Å². The summed E-state index contributed by atoms with van der Waals surface area (Å²) in [6, 6.07) is 8.85. The lowest BCUT2D eigenvalue weighted by Gasteiger charge is -2.17. The Balaban J connectivity index is 2.04. The third-order valence-electron chi connectivity index (χ3n) is 3.09. The number of para-hydroxylation sites is 1. The highest BCUT2D eigenvalue weighted by molar-refractivity contribution is 9.10. The van der Waals surface area contributed by atoms with Crippen LogP contribution in [0.25, 0.3) is 0 Å². The molecule has 0 spiro atoms. The van der Waals surface area contributed by atoms with E-state index in [4.69, 9.17) is 0 Å². The van der Waals surface area contributed by atoms with Crippen LogP contribution in [0.3, 0.4) is 0 Å². The Labute approximate surface area is 135 Å². The molecule has 1 aromatic carbocycles. The molecule has 2 aromatic rings. The lowest BCUT2D eigenvalue weighted by Crippen LogP contribution is -2.18. The van der Waals surface area contributed by atoms with Crippen molar-refractivity contribution in [1.82, 2.24) is 5.32 Å². The van der Waals surface area contributed by atoms with Crippen LogP contribution in [-0.2, 0) is 6.54 Å². The molecule has 114 valence electrons. The van der Waals surface area contributed by atoms with E-state index in [9.17, 15) is 8.78 Å². The van der Waals surface area contributed by atoms with E-state index in [1.165, 1.54) is 9.75 Å². The van der Waals surface area contributed by atoms with E-state index in [0.29, 0.717) is 6.54 Å². The predicted octanol–water partition coefficient (Wildman–Crippen LogP) is 5.27. The van der Waals surface area contributed by atoms with Gasteiger partial charge in [-0.15, -0.1) is 11.3 Å². The molecule has 0 saturated carbocycles. The molecule has 1 heterocycles. The van der Waals surface area contributed by atoms with Gasteiger partial charge in [0, 0.05) is 32.4 Å². The normalized spacial score (nSPS) is 12.7. The fourth-order valence-electron chi connectivity index (χ4n) is 2.01. The average Bonchev–Trinajstić information content (AvgIpc) is 2.75. The molecule has 1 aromatic heterocycles. The molecule has 0 bridgehead atoms. The van der Waals surface area contributed by atoms with Crippen LogP contribution >= 0.6 is 27.3 Å². The van der Waals surface area contributed by atoms with E-state index in [0.717, 1.165) is 10.0 Å². The standard InChI is InChI=1S/C15H16BrF2NOS/c1-9(19-8-11-7-13(16)10(2)21-11)12-5-3-4-6-14(12)20-15(17)18/h3-7,9,15,19H,8H2,1-2H3. The molecule has 0 saturated heterocycles. The largest absolute Gasteiger partial charge is 0.434 e. The minimum Gasteiger partial charge on any atom is -0.434 e. The zero-order valence-electron chi connectivity index (χ0n) is 11.7. The maximum Gasteiger partial charge on any atom is 0.387 e. The van der Waals surface area contributed by atoms with E-state index < -0.39 is 6.61 Å². The first-order valence-electron chi connectivity index (χ1n) is 6.49. The Morgan fingerprint density at radius 1 is 1.33 bits per heavy atom. The lowest BCUT2D eigenvalue weighted by molar-refractivity contribution is -0.0506. The van der Waals surface area contributed by atoms with Gasteiger partial charge in [0.05, 0.1) is 0 Å². The second-order valence-electron chi connectivity index (χ2n) is 4.64. The molecule has 0 radical (unpaired) electrons. The van der Waals surface area contributed by atoms with Crippen LogP contribution in [0.5, 0.6) is 5.75 Å². The molecule has 0 aliphatic carbocycles. The van der Waals surface area contributed by atoms with Crippen LogP contribution in [0.1, 0.15) is 28.3 Å². The molecule has 1 N–H and O–H groups in total. The number of aryl methyl sites for hydroxylation is 1. The molecule has 2 nitrogen and oxygen atoms in total. The number of alkyl halides is 2. The molecule has 0 amide bonds. The quantitative estimate of drug-likeness (QED) is 0.742. The van der Waals surface area contributed by atoms with Gasteiger partial charge in [-0.25, -0.2) is 0 Å². The first-order valence-corrected chi connectivity index (χ1v) is 8.10. The van der Waals surface area contributed by atoms with Gasteiger partial charge in [-0.05, 0) is 41.9 Å². The molecular weight excluding hydrogens is 360 g/mol. The van der Waals surface area contributed by atoms with E-state index >= 15 is 0 Å². The Morgan fingerprint density at radius 3 is 2.67 bits per heavy atom. The number of hydrogen-bond acceptors (Lipinski definition) is 3. The number of ether oxygens (including phenoxy) is 1. The minimum absolute atomic E-state index is 0.0823. The van der Waals surface area contributed by atoms with Crippen molar-refractivity contribution in [3.8, 4) is 5.75 Å². The van der Waals surface area contributed by atoms with Crippen LogP contribution in [-0.4, -0.2) is 6.61 Å². The van der Waals surface area contributed by atoms with Gasteiger partial charge < -0.3 is 10.1 Å². The summed E-state index contributed by atoms with van der Waals surface area (Å²) in [4.78, 5) is 2.42. The highest BCUT2D eigenvalue weighted by atomic mass is 79.9. The molecule has 1 unspecified atom stereocenters. The monoisotopic (exact) mass is 375 g/mol. The second-order valence-corrected chi connectivity index (χ2v) is 6.83. The topological polar surface area (TPSA) is 21.3 Å². The summed E-state index contributed by atoms with van der Waals surface area (Å²) in [5.74, 6) is 0.219. The Hall–Kier alpha value is -0.980. The third-order valence-corrected chi connectivity index (χ3v) is 5.23. The summed E-state index contributed by atoms with van der Waals surface area (Å²) >= 11 is 5.19. The Kier molecular flexibility index (Phi) is 5.72. The van der Waals surface area contributed by atoms with Gasteiger partial charge in [-0.2, -0.15) is 8.78 Å². The van der Waals surface area contributed by atoms with Crippen molar-refractivity contribution in [3.05, 3.63) is 50.1 Å². The van der Waals surface area contributed by atoms with E-state index in [1.807, 2.05) is 19.9 Å². The van der Waals surface area contributed by atoms with Gasteiger partial charge in [-0.3, -0.25) is 0 Å². The van der Waals surface area contributed by atoms with E-state index in [1.54, 1.807) is 29.5 Å². The van der Waals surface area contributed by atoms with Gasteiger partial charge in [0.15, 0.2) is 0 Å². The summed E-state index contributed by atoms with van der Waals surface area (Å²) in [5.41, 5.74) is 0.727. The van der Waals surface area contributed by atoms with E-state index in [2.05, 4.69) is 32.0 Å². The van der Waals surface area contributed by atoms with Crippen molar-refractivity contribution >= 4 is 27.3 Å². The summed E-state index contributed by atoms with van der Waals surface area (Å²) in [6.07, 6.45) is 0. The van der Waals surface area contributed by atoms with Crippen LogP contribution < -0.4 is 10.1 Å². The van der Waals surface area contributed by atoms with Crippen LogP contribution in [0.15, 0.2) is 34.8 Å². The van der Waals surface area contributed by atoms with Crippen molar-refractivity contribution in [1.29, 1.82) is 0 Å². The van der Waals surface area contributed by atoms with Gasteiger partial charge in [-0.1, -0.05) is 18.2 Å². The Bertz CT molecular complexity index is 584. The maximum atomic E-state index is 12.4. The number of hydrogen-bond donors (Lipinski definition) is 1. The van der Waals surface area contributed by atoms with Gasteiger partial charge in [0.1, 0.15) is 5.75 Å². The minimum atomic E-state index is -2.81. The molecule has 21 heavy (non-hydrogen) atoms. The second kappa shape index (κ2) is 7.33. The zero-order chi connectivity index (χ0) is 15.4. The van der Waals surface area contributed by atoms with Gasteiger partial charge >= 0.3 is 6.61 Å². The van der Waals surface area contributed by atoms with Crippen LogP contribution in [0.4, 0.5) is 8.78 Å². The predicted molar refractivity (Wildman–Crippen MR) is 85.1 cm³/mol. The summed E-state index contributed by atoms with van der Waals surface area (Å²) in [5, 5.41) is 3.33. The number of halogens is 3. The SMILES string of the molecule is Cc1sc(CNC(C)c2ccccc2OC(F)F)cc1Br. The summed E-state index contributed by atoms with van der Waals surface area (Å²) in [7, 11) is 0. The lowest BCUT2D eigenvalue weighted by atomic mass is 10.1. The average molecular weight is 376 g/mol. The molecule has 0 aliphatic rings. The van der Waals surface area contributed by atoms with Crippen molar-refractivity contribution in [2.75, 3.05) is 0 Å². The number of thiophene rings is 1. The highest BCUT2D eigenvalue weighted by Gasteiger charge is 2.14. The number of benzene rings is 1. The summed E-state index contributed by atoms with van der Waals surface area (Å²) < 4.78 is 30.5. The molecule has 0 aliphatic heterocycles. The van der Waals surface area contributed by atoms with Crippen LogP contribution in [0, 0.1) is 6.92 Å². The van der Waals surface area contributed by atoms with Gasteiger partial charge in [0.2, 0.25) is 0 Å². The number of rotatable bonds is 6. The Morgan fingerprint density at radius 2 is 2.05 bits per heavy atom. The first kappa shape index (κ1) is 16.4. The first-order chi connectivity index (χ1) is 9.97. The molecular formula is C15H16BrF2NOS. The van der Waals surface area contributed by atoms with E-state index in [-0.39, 0.29) is 11.8 Å². The molecule has 1 atom stereocenters. The van der Waals surface area contributed by atoms with Crippen molar-refractivity contribution in [2.24, 2.45) is 0 Å². The molecule has 0 fully saturated rings. The molecule has 2 rings (SSSR count). The highest BCUT2D eigenvalue weighted by Crippen LogP contribution is 2.29. The van der Waals surface area contributed by atoms with Crippen molar-refractivity contribution < 1.29 is 13.5 Å². The molecule has 6 heteroatoms. The van der Waals surface area contributed by atoms with Crippen LogP contribution in [0.2, 0.25) is 0 Å².